The van der Waals surface area contributed by atoms with E-state index in [1.807, 2.05) is 17.0 Å². The van der Waals surface area contributed by atoms with E-state index < -0.39 is 10.0 Å². The van der Waals surface area contributed by atoms with Crippen molar-refractivity contribution in [3.63, 3.8) is 0 Å². The molecule has 0 spiro atoms. The molecule has 40 heavy (non-hydrogen) atoms. The monoisotopic (exact) mass is 554 g/mol. The van der Waals surface area contributed by atoms with E-state index in [0.717, 1.165) is 37.4 Å². The second kappa shape index (κ2) is 11.4. The highest BCUT2D eigenvalue weighted by Gasteiger charge is 2.23. The number of carbonyl (C=O) groups excluding carboxylic acids is 1. The fraction of sp³-hybridized carbons (Fsp3) is 0.312. The number of pyridine rings is 1. The Morgan fingerprint density at radius 1 is 0.875 bits per heavy atom. The topological polar surface area (TPSA) is 82.6 Å². The van der Waals surface area contributed by atoms with Crippen molar-refractivity contribution in [3.8, 4) is 0 Å². The predicted molar refractivity (Wildman–Crippen MR) is 158 cm³/mol. The van der Waals surface area contributed by atoms with Crippen LogP contribution in [0, 0.1) is 0 Å². The van der Waals surface area contributed by atoms with Crippen LogP contribution in [-0.4, -0.2) is 61.8 Å². The van der Waals surface area contributed by atoms with Gasteiger partial charge in [-0.2, -0.15) is 0 Å². The van der Waals surface area contributed by atoms with Gasteiger partial charge in [0.15, 0.2) is 0 Å². The Morgan fingerprint density at radius 3 is 2.30 bits per heavy atom. The van der Waals surface area contributed by atoms with Gasteiger partial charge in [-0.15, -0.1) is 0 Å². The smallest absolute Gasteiger partial charge is 0.264 e. The van der Waals surface area contributed by atoms with Crippen LogP contribution in [-0.2, 0) is 16.4 Å². The van der Waals surface area contributed by atoms with Crippen molar-refractivity contribution in [1.29, 1.82) is 0 Å². The first-order valence-electron chi connectivity index (χ1n) is 14.0. The van der Waals surface area contributed by atoms with Crippen molar-refractivity contribution in [3.05, 3.63) is 102 Å². The summed E-state index contributed by atoms with van der Waals surface area (Å²) in [5, 5.41) is 0.754. The highest BCUT2D eigenvalue weighted by molar-refractivity contribution is 7.93. The standard InChI is InChI=1S/C32H34N4O3S/c37-32(36-22-20-35(21-23-36)19-17-24-9-11-26(12-10-24)25-4-1-5-25)28-13-15-29(16-14-28)34-40(38,39)30-8-2-6-27-7-3-18-33-31(27)30/h2-3,6-16,18,25,34H,1,4-5,17,19-23H2. The third-order valence-electron chi connectivity index (χ3n) is 8.20. The summed E-state index contributed by atoms with van der Waals surface area (Å²) < 4.78 is 28.8. The van der Waals surface area contributed by atoms with Gasteiger partial charge in [-0.05, 0) is 72.7 Å². The summed E-state index contributed by atoms with van der Waals surface area (Å²) in [6.07, 6.45) is 6.61. The molecule has 2 fully saturated rings. The van der Waals surface area contributed by atoms with Gasteiger partial charge in [0.05, 0.1) is 5.52 Å². The van der Waals surface area contributed by atoms with Crippen molar-refractivity contribution >= 4 is 32.5 Å². The fourth-order valence-electron chi connectivity index (χ4n) is 5.53. The minimum absolute atomic E-state index is 0.0288. The lowest BCUT2D eigenvalue weighted by molar-refractivity contribution is 0.0638. The summed E-state index contributed by atoms with van der Waals surface area (Å²) in [5.74, 6) is 0.742. The predicted octanol–water partition coefficient (Wildman–Crippen LogP) is 5.30. The van der Waals surface area contributed by atoms with Crippen LogP contribution in [0.4, 0.5) is 5.69 Å². The van der Waals surface area contributed by atoms with E-state index in [-0.39, 0.29) is 10.8 Å². The molecule has 4 aromatic rings. The molecule has 1 aliphatic carbocycles. The van der Waals surface area contributed by atoms with Crippen molar-refractivity contribution in [2.75, 3.05) is 37.4 Å². The maximum atomic E-state index is 13.1. The van der Waals surface area contributed by atoms with Crippen molar-refractivity contribution < 1.29 is 13.2 Å². The first-order chi connectivity index (χ1) is 19.5. The Kier molecular flexibility index (Phi) is 7.54. The Balaban J connectivity index is 1.01. The van der Waals surface area contributed by atoms with Crippen molar-refractivity contribution in [2.45, 2.75) is 36.5 Å². The summed E-state index contributed by atoms with van der Waals surface area (Å²) in [7, 11) is -3.84. The van der Waals surface area contributed by atoms with Crippen LogP contribution in [0.25, 0.3) is 10.9 Å². The van der Waals surface area contributed by atoms with E-state index in [0.29, 0.717) is 29.9 Å². The van der Waals surface area contributed by atoms with E-state index in [1.54, 1.807) is 48.7 Å². The van der Waals surface area contributed by atoms with Gasteiger partial charge in [0.25, 0.3) is 15.9 Å². The number of nitrogens with zero attached hydrogens (tertiary/aromatic N) is 3. The van der Waals surface area contributed by atoms with Gasteiger partial charge in [-0.1, -0.05) is 48.9 Å². The van der Waals surface area contributed by atoms with Crippen LogP contribution < -0.4 is 4.72 Å². The number of carbonyl (C=O) groups is 1. The Morgan fingerprint density at radius 2 is 1.60 bits per heavy atom. The second-order valence-electron chi connectivity index (χ2n) is 10.8. The van der Waals surface area contributed by atoms with E-state index in [4.69, 9.17) is 0 Å². The number of rotatable bonds is 8. The van der Waals surface area contributed by atoms with Crippen molar-refractivity contribution in [2.24, 2.45) is 0 Å². The van der Waals surface area contributed by atoms with E-state index in [9.17, 15) is 13.2 Å². The third kappa shape index (κ3) is 5.74. The summed E-state index contributed by atoms with van der Waals surface area (Å²) in [6, 6.07) is 24.5. The molecule has 3 aromatic carbocycles. The first kappa shape index (κ1) is 26.5. The van der Waals surface area contributed by atoms with E-state index in [2.05, 4.69) is 38.9 Å². The maximum absolute atomic E-state index is 13.1. The number of sulfonamides is 1. The molecule has 1 saturated carbocycles. The summed E-state index contributed by atoms with van der Waals surface area (Å²) in [4.78, 5) is 21.8. The zero-order valence-corrected chi connectivity index (χ0v) is 23.3. The normalized spacial score (nSPS) is 16.6. The highest BCUT2D eigenvalue weighted by atomic mass is 32.2. The molecule has 1 aliphatic heterocycles. The summed E-state index contributed by atoms with van der Waals surface area (Å²) >= 11 is 0. The van der Waals surface area contributed by atoms with Crippen LogP contribution in [0.5, 0.6) is 0 Å². The molecule has 0 bridgehead atoms. The molecular weight excluding hydrogens is 520 g/mol. The second-order valence-corrected chi connectivity index (χ2v) is 12.4. The molecule has 0 radical (unpaired) electrons. The van der Waals surface area contributed by atoms with Crippen LogP contribution >= 0.6 is 0 Å². The number of anilines is 1. The number of fused-ring (bicyclic) bond motifs is 1. The number of hydrogen-bond donors (Lipinski definition) is 1. The Hall–Kier alpha value is -3.75. The van der Waals surface area contributed by atoms with Gasteiger partial charge in [-0.25, -0.2) is 8.42 Å². The van der Waals surface area contributed by atoms with Crippen LogP contribution in [0.2, 0.25) is 0 Å². The molecule has 0 atom stereocenters. The van der Waals surface area contributed by atoms with Gasteiger partial charge in [0, 0.05) is 55.6 Å². The summed E-state index contributed by atoms with van der Waals surface area (Å²) in [6.45, 7) is 4.06. The van der Waals surface area contributed by atoms with Gasteiger partial charge in [-0.3, -0.25) is 19.4 Å². The SMILES string of the molecule is O=C(c1ccc(NS(=O)(=O)c2cccc3cccnc23)cc1)N1CCN(CCc2ccc(C3CCC3)cc2)CC1. The van der Waals surface area contributed by atoms with Crippen molar-refractivity contribution in [1.82, 2.24) is 14.8 Å². The first-order valence-corrected chi connectivity index (χ1v) is 15.5. The quantitative estimate of drug-likeness (QED) is 0.320. The minimum atomic E-state index is -3.84. The molecular formula is C32H34N4O3S. The average molecular weight is 555 g/mol. The van der Waals surface area contributed by atoms with Gasteiger partial charge >= 0.3 is 0 Å². The highest BCUT2D eigenvalue weighted by Crippen LogP contribution is 2.36. The number of amides is 1. The molecule has 8 heteroatoms. The molecule has 1 N–H and O–H groups in total. The van der Waals surface area contributed by atoms with E-state index in [1.165, 1.54) is 30.4 Å². The number of nitrogens with one attached hydrogen (secondary N) is 1. The molecule has 0 unspecified atom stereocenters. The van der Waals surface area contributed by atoms with Gasteiger partial charge < -0.3 is 4.90 Å². The molecule has 7 nitrogen and oxygen atoms in total. The Bertz CT molecular complexity index is 1590. The van der Waals surface area contributed by atoms with Gasteiger partial charge in [0.1, 0.15) is 4.90 Å². The molecule has 6 rings (SSSR count). The summed E-state index contributed by atoms with van der Waals surface area (Å²) in [5.41, 5.74) is 4.22. The zero-order chi connectivity index (χ0) is 27.5. The lowest BCUT2D eigenvalue weighted by atomic mass is 9.80. The van der Waals surface area contributed by atoms with Crippen LogP contribution in [0.15, 0.2) is 90.0 Å². The number of piperazine rings is 1. The fourth-order valence-corrected chi connectivity index (χ4v) is 6.77. The van der Waals surface area contributed by atoms with Crippen LogP contribution in [0.1, 0.15) is 46.7 Å². The molecule has 1 saturated heterocycles. The molecule has 1 aromatic heterocycles. The minimum Gasteiger partial charge on any atom is -0.336 e. The molecule has 1 amide bonds. The number of hydrogen-bond acceptors (Lipinski definition) is 5. The number of benzene rings is 3. The van der Waals surface area contributed by atoms with Crippen LogP contribution in [0.3, 0.4) is 0 Å². The Labute approximate surface area is 235 Å². The largest absolute Gasteiger partial charge is 0.336 e. The van der Waals surface area contributed by atoms with E-state index >= 15 is 0 Å². The molecule has 2 heterocycles. The lowest BCUT2D eigenvalue weighted by Gasteiger charge is -2.34. The lowest BCUT2D eigenvalue weighted by Crippen LogP contribution is -2.49. The molecule has 2 aliphatic rings. The number of para-hydroxylation sites is 1. The maximum Gasteiger partial charge on any atom is 0.264 e. The number of aromatic nitrogens is 1. The zero-order valence-electron chi connectivity index (χ0n) is 22.5. The average Bonchev–Trinajstić information content (AvgIpc) is 2.96. The molecule has 206 valence electrons. The third-order valence-corrected chi connectivity index (χ3v) is 9.61. The van der Waals surface area contributed by atoms with Gasteiger partial charge in [0.2, 0.25) is 0 Å².